The Balaban J connectivity index is 2.34. The van der Waals surface area contributed by atoms with Crippen molar-refractivity contribution >= 4 is 10.0 Å². The van der Waals surface area contributed by atoms with Crippen LogP contribution in [0.3, 0.4) is 0 Å². The summed E-state index contributed by atoms with van der Waals surface area (Å²) in [5.41, 5.74) is 5.61. The summed E-state index contributed by atoms with van der Waals surface area (Å²) in [4.78, 5) is 0.165. The third-order valence-electron chi connectivity index (χ3n) is 3.57. The van der Waals surface area contributed by atoms with Crippen LogP contribution in [0.5, 0.6) is 11.5 Å². The molecule has 1 aromatic rings. The highest BCUT2D eigenvalue weighted by Crippen LogP contribution is 2.32. The molecule has 1 aromatic carbocycles. The molecule has 0 aromatic heterocycles. The molecule has 2 N–H and O–H groups in total. The fraction of sp³-hybridized carbons (Fsp3) is 0.538. The number of benzene rings is 1. The van der Waals surface area contributed by atoms with Crippen molar-refractivity contribution in [3.8, 4) is 11.5 Å². The van der Waals surface area contributed by atoms with Crippen LogP contribution >= 0.6 is 0 Å². The van der Waals surface area contributed by atoms with Gasteiger partial charge < -0.3 is 15.2 Å². The molecule has 6 nitrogen and oxygen atoms in total. The molecule has 1 saturated heterocycles. The number of nitrogens with two attached hydrogens (primary N) is 1. The Kier molecular flexibility index (Phi) is 4.52. The molecule has 1 aliphatic heterocycles. The third kappa shape index (κ3) is 2.74. The van der Waals surface area contributed by atoms with Crippen molar-refractivity contribution in [1.82, 2.24) is 4.31 Å². The maximum absolute atomic E-state index is 12.6. The first kappa shape index (κ1) is 15.1. The Morgan fingerprint density at radius 3 is 2.65 bits per heavy atom. The molecule has 0 spiro atoms. The molecule has 112 valence electrons. The van der Waals surface area contributed by atoms with E-state index in [1.54, 1.807) is 12.1 Å². The second kappa shape index (κ2) is 5.99. The van der Waals surface area contributed by atoms with Gasteiger partial charge in [0.1, 0.15) is 16.4 Å². The van der Waals surface area contributed by atoms with Gasteiger partial charge >= 0.3 is 0 Å². The summed E-state index contributed by atoms with van der Waals surface area (Å²) in [7, 11) is -0.584. The third-order valence-corrected chi connectivity index (χ3v) is 5.48. The van der Waals surface area contributed by atoms with Crippen LogP contribution < -0.4 is 15.2 Å². The predicted octanol–water partition coefficient (Wildman–Crippen LogP) is 0.673. The average Bonchev–Trinajstić information content (AvgIpc) is 2.96. The van der Waals surface area contributed by atoms with Crippen LogP contribution in [-0.4, -0.2) is 46.6 Å². The van der Waals surface area contributed by atoms with Crippen molar-refractivity contribution in [1.29, 1.82) is 0 Å². The highest BCUT2D eigenvalue weighted by Gasteiger charge is 2.33. The van der Waals surface area contributed by atoms with Gasteiger partial charge in [0.2, 0.25) is 10.0 Å². The Hall–Kier alpha value is -1.31. The summed E-state index contributed by atoms with van der Waals surface area (Å²) in [6.07, 6.45) is 0.800. The van der Waals surface area contributed by atoms with E-state index < -0.39 is 10.0 Å². The normalized spacial score (nSPS) is 20.1. The molecule has 2 rings (SSSR count). The fourth-order valence-corrected chi connectivity index (χ4v) is 4.00. The van der Waals surface area contributed by atoms with E-state index in [-0.39, 0.29) is 10.8 Å². The molecule has 1 unspecified atom stereocenters. The SMILES string of the molecule is COc1ccc(S(=O)(=O)N2CCC(CN)C2)c(OC)c1. The quantitative estimate of drug-likeness (QED) is 0.864. The minimum atomic E-state index is -3.55. The van der Waals surface area contributed by atoms with Crippen LogP contribution in [0, 0.1) is 5.92 Å². The standard InChI is InChI=1S/C13H20N2O4S/c1-18-11-3-4-13(12(7-11)19-2)20(16,17)15-6-5-10(8-14)9-15/h3-4,7,10H,5-6,8-9,14H2,1-2H3. The highest BCUT2D eigenvalue weighted by molar-refractivity contribution is 7.89. The van der Waals surface area contributed by atoms with E-state index in [1.165, 1.54) is 24.6 Å². The first-order valence-corrected chi connectivity index (χ1v) is 7.89. The monoisotopic (exact) mass is 300 g/mol. The van der Waals surface area contributed by atoms with E-state index in [9.17, 15) is 8.42 Å². The zero-order valence-corrected chi connectivity index (χ0v) is 12.5. The summed E-state index contributed by atoms with van der Waals surface area (Å²) >= 11 is 0. The van der Waals surface area contributed by atoms with E-state index in [0.29, 0.717) is 31.1 Å². The van der Waals surface area contributed by atoms with Crippen LogP contribution in [0.2, 0.25) is 0 Å². The lowest BCUT2D eigenvalue weighted by Crippen LogP contribution is -2.30. The summed E-state index contributed by atoms with van der Waals surface area (Å²) in [5.74, 6) is 1.08. The van der Waals surface area contributed by atoms with Gasteiger partial charge in [0.15, 0.2) is 0 Å². The molecule has 0 saturated carbocycles. The maximum Gasteiger partial charge on any atom is 0.246 e. The number of hydrogen-bond acceptors (Lipinski definition) is 5. The number of sulfonamides is 1. The second-order valence-corrected chi connectivity index (χ2v) is 6.68. The van der Waals surface area contributed by atoms with E-state index in [4.69, 9.17) is 15.2 Å². The summed E-state index contributed by atoms with van der Waals surface area (Å²) in [5, 5.41) is 0. The van der Waals surface area contributed by atoms with Crippen LogP contribution in [0.25, 0.3) is 0 Å². The largest absolute Gasteiger partial charge is 0.497 e. The number of methoxy groups -OCH3 is 2. The van der Waals surface area contributed by atoms with E-state index in [0.717, 1.165) is 6.42 Å². The van der Waals surface area contributed by atoms with E-state index >= 15 is 0 Å². The molecule has 1 heterocycles. The number of hydrogen-bond donors (Lipinski definition) is 1. The molecule has 0 radical (unpaired) electrons. The molecular formula is C13H20N2O4S. The number of nitrogens with zero attached hydrogens (tertiary/aromatic N) is 1. The van der Waals surface area contributed by atoms with E-state index in [1.807, 2.05) is 0 Å². The van der Waals surface area contributed by atoms with Gasteiger partial charge in [0.25, 0.3) is 0 Å². The Morgan fingerprint density at radius 1 is 1.35 bits per heavy atom. The molecule has 20 heavy (non-hydrogen) atoms. The molecule has 1 aliphatic rings. The van der Waals surface area contributed by atoms with Crippen LogP contribution in [0.4, 0.5) is 0 Å². The lowest BCUT2D eigenvalue weighted by atomic mass is 10.1. The van der Waals surface area contributed by atoms with E-state index in [2.05, 4.69) is 0 Å². The summed E-state index contributed by atoms with van der Waals surface area (Å²) in [6.45, 7) is 1.47. The average molecular weight is 300 g/mol. The topological polar surface area (TPSA) is 81.9 Å². The van der Waals surface area contributed by atoms with Crippen LogP contribution in [-0.2, 0) is 10.0 Å². The van der Waals surface area contributed by atoms with Crippen molar-refractivity contribution in [2.75, 3.05) is 33.9 Å². The Bertz CT molecular complexity index is 574. The number of rotatable bonds is 5. The lowest BCUT2D eigenvalue weighted by molar-refractivity contribution is 0.383. The van der Waals surface area contributed by atoms with Gasteiger partial charge in [-0.1, -0.05) is 0 Å². The molecule has 7 heteroatoms. The van der Waals surface area contributed by atoms with Crippen molar-refractivity contribution in [3.05, 3.63) is 18.2 Å². The van der Waals surface area contributed by atoms with Gasteiger partial charge in [-0.15, -0.1) is 0 Å². The van der Waals surface area contributed by atoms with Gasteiger partial charge in [-0.3, -0.25) is 0 Å². The van der Waals surface area contributed by atoms with Crippen molar-refractivity contribution < 1.29 is 17.9 Å². The first-order valence-electron chi connectivity index (χ1n) is 6.45. The molecular weight excluding hydrogens is 280 g/mol. The van der Waals surface area contributed by atoms with Crippen molar-refractivity contribution in [2.24, 2.45) is 11.7 Å². The van der Waals surface area contributed by atoms with Crippen LogP contribution in [0.15, 0.2) is 23.1 Å². The Labute approximate surface area is 119 Å². The van der Waals surface area contributed by atoms with Crippen LogP contribution in [0.1, 0.15) is 6.42 Å². The molecule has 1 atom stereocenters. The fourth-order valence-electron chi connectivity index (χ4n) is 2.33. The molecule has 1 fully saturated rings. The minimum absolute atomic E-state index is 0.165. The van der Waals surface area contributed by atoms with Gasteiger partial charge in [-0.2, -0.15) is 4.31 Å². The molecule has 0 aliphatic carbocycles. The Morgan fingerprint density at radius 2 is 2.10 bits per heavy atom. The highest BCUT2D eigenvalue weighted by atomic mass is 32.2. The van der Waals surface area contributed by atoms with Crippen molar-refractivity contribution in [2.45, 2.75) is 11.3 Å². The van der Waals surface area contributed by atoms with Gasteiger partial charge in [-0.25, -0.2) is 8.42 Å². The predicted molar refractivity (Wildman–Crippen MR) is 75.5 cm³/mol. The zero-order chi connectivity index (χ0) is 14.8. The van der Waals surface area contributed by atoms with Crippen molar-refractivity contribution in [3.63, 3.8) is 0 Å². The zero-order valence-electron chi connectivity index (χ0n) is 11.7. The molecule has 0 bridgehead atoms. The lowest BCUT2D eigenvalue weighted by Gasteiger charge is -2.18. The smallest absolute Gasteiger partial charge is 0.246 e. The summed E-state index contributed by atoms with van der Waals surface area (Å²) < 4.78 is 37.0. The maximum atomic E-state index is 12.6. The van der Waals surface area contributed by atoms with Gasteiger partial charge in [-0.05, 0) is 31.0 Å². The molecule has 0 amide bonds. The first-order chi connectivity index (χ1) is 9.52. The minimum Gasteiger partial charge on any atom is -0.497 e. The summed E-state index contributed by atoms with van der Waals surface area (Å²) in [6, 6.07) is 4.71. The number of ether oxygens (including phenoxy) is 2. The van der Waals surface area contributed by atoms with Gasteiger partial charge in [0, 0.05) is 19.2 Å². The second-order valence-electron chi connectivity index (χ2n) is 4.77. The van der Waals surface area contributed by atoms with Gasteiger partial charge in [0.05, 0.1) is 14.2 Å².